The van der Waals surface area contributed by atoms with Crippen LogP contribution in [-0.4, -0.2) is 41.8 Å². The first-order valence-corrected chi connectivity index (χ1v) is 11.0. The topological polar surface area (TPSA) is 91.7 Å². The third kappa shape index (κ3) is 3.52. The SMILES string of the molecule is CC1CC2OC(N)=C(C#N)C(C3CCCCC3)C2C(=O)N1CC1=NCCCC1. The number of amides is 1. The number of nitriles is 1. The summed E-state index contributed by atoms with van der Waals surface area (Å²) in [6.07, 6.45) is 9.58. The van der Waals surface area contributed by atoms with Crippen LogP contribution in [0.25, 0.3) is 0 Å². The van der Waals surface area contributed by atoms with Crippen LogP contribution in [0.1, 0.15) is 64.7 Å². The molecule has 0 radical (unpaired) electrons. The number of aliphatic imine (C=N–C) groups is 1. The monoisotopic (exact) mass is 384 g/mol. The van der Waals surface area contributed by atoms with E-state index in [1.807, 2.05) is 4.90 Å². The van der Waals surface area contributed by atoms with E-state index in [9.17, 15) is 10.1 Å². The van der Waals surface area contributed by atoms with Gasteiger partial charge in [0.15, 0.2) is 5.88 Å². The molecule has 3 heterocycles. The largest absolute Gasteiger partial charge is 0.474 e. The van der Waals surface area contributed by atoms with E-state index in [0.29, 0.717) is 18.0 Å². The molecule has 0 aromatic rings. The van der Waals surface area contributed by atoms with E-state index in [2.05, 4.69) is 18.0 Å². The van der Waals surface area contributed by atoms with Crippen LogP contribution in [0.5, 0.6) is 0 Å². The highest BCUT2D eigenvalue weighted by molar-refractivity contribution is 5.92. The second-order valence-corrected chi connectivity index (χ2v) is 8.95. The molecule has 6 heteroatoms. The van der Waals surface area contributed by atoms with E-state index in [4.69, 9.17) is 10.5 Å². The first kappa shape index (κ1) is 19.3. The van der Waals surface area contributed by atoms with Crippen molar-refractivity contribution in [2.24, 2.45) is 28.5 Å². The summed E-state index contributed by atoms with van der Waals surface area (Å²) >= 11 is 0. The molecule has 4 rings (SSSR count). The minimum atomic E-state index is -0.287. The Labute approximate surface area is 167 Å². The highest BCUT2D eigenvalue weighted by Crippen LogP contribution is 2.46. The lowest BCUT2D eigenvalue weighted by Crippen LogP contribution is -2.59. The molecule has 0 bridgehead atoms. The molecule has 0 aromatic heterocycles. The molecule has 2 N–H and O–H groups in total. The van der Waals surface area contributed by atoms with Gasteiger partial charge in [0.2, 0.25) is 5.91 Å². The molecule has 152 valence electrons. The predicted molar refractivity (Wildman–Crippen MR) is 107 cm³/mol. The summed E-state index contributed by atoms with van der Waals surface area (Å²) in [5.41, 5.74) is 7.81. The van der Waals surface area contributed by atoms with Gasteiger partial charge in [-0.3, -0.25) is 9.79 Å². The first-order chi connectivity index (χ1) is 13.6. The van der Waals surface area contributed by atoms with Crippen LogP contribution in [0.3, 0.4) is 0 Å². The van der Waals surface area contributed by atoms with Gasteiger partial charge in [-0.25, -0.2) is 0 Å². The quantitative estimate of drug-likeness (QED) is 0.809. The zero-order chi connectivity index (χ0) is 19.7. The molecule has 0 aromatic carbocycles. The zero-order valence-corrected chi connectivity index (χ0v) is 16.9. The van der Waals surface area contributed by atoms with Crippen molar-refractivity contribution in [3.63, 3.8) is 0 Å². The maximum absolute atomic E-state index is 13.7. The van der Waals surface area contributed by atoms with Gasteiger partial charge in [-0.05, 0) is 44.9 Å². The summed E-state index contributed by atoms with van der Waals surface area (Å²) < 4.78 is 5.95. The average Bonchev–Trinajstić information content (AvgIpc) is 2.71. The van der Waals surface area contributed by atoms with E-state index in [1.165, 1.54) is 19.3 Å². The summed E-state index contributed by atoms with van der Waals surface area (Å²) in [7, 11) is 0. The number of likely N-dealkylation sites (tertiary alicyclic amines) is 1. The minimum Gasteiger partial charge on any atom is -0.474 e. The normalized spacial score (nSPS) is 34.4. The fraction of sp³-hybridized carbons (Fsp3) is 0.773. The fourth-order valence-corrected chi connectivity index (χ4v) is 5.72. The number of hydrogen-bond donors (Lipinski definition) is 1. The molecule has 1 saturated carbocycles. The number of piperidine rings is 1. The van der Waals surface area contributed by atoms with Crippen LogP contribution < -0.4 is 5.73 Å². The number of hydrogen-bond acceptors (Lipinski definition) is 5. The highest BCUT2D eigenvalue weighted by Gasteiger charge is 2.52. The van der Waals surface area contributed by atoms with Gasteiger partial charge in [0.1, 0.15) is 12.2 Å². The lowest BCUT2D eigenvalue weighted by atomic mass is 9.66. The average molecular weight is 385 g/mol. The predicted octanol–water partition coefficient (Wildman–Crippen LogP) is 3.14. The molecule has 0 spiro atoms. The van der Waals surface area contributed by atoms with Crippen molar-refractivity contribution in [2.75, 3.05) is 13.1 Å². The molecule has 4 aliphatic rings. The number of fused-ring (bicyclic) bond motifs is 1. The van der Waals surface area contributed by atoms with E-state index in [-0.39, 0.29) is 35.8 Å². The Bertz CT molecular complexity index is 717. The zero-order valence-electron chi connectivity index (χ0n) is 16.9. The summed E-state index contributed by atoms with van der Waals surface area (Å²) in [4.78, 5) is 20.3. The molecule has 1 amide bonds. The maximum Gasteiger partial charge on any atom is 0.230 e. The van der Waals surface area contributed by atoms with Gasteiger partial charge >= 0.3 is 0 Å². The van der Waals surface area contributed by atoms with E-state index in [1.54, 1.807) is 0 Å². The van der Waals surface area contributed by atoms with Gasteiger partial charge in [0.05, 0.1) is 18.0 Å². The smallest absolute Gasteiger partial charge is 0.230 e. The van der Waals surface area contributed by atoms with Crippen molar-refractivity contribution in [1.82, 2.24) is 4.90 Å². The van der Waals surface area contributed by atoms with Crippen LogP contribution in [0.15, 0.2) is 16.4 Å². The molecular weight excluding hydrogens is 352 g/mol. The first-order valence-electron chi connectivity index (χ1n) is 11.0. The number of ether oxygens (including phenoxy) is 1. The molecule has 4 atom stereocenters. The standard InChI is InChI=1S/C22H32N4O2/c1-14-11-18-20(22(27)26(14)13-16-9-5-6-10-25-16)19(15-7-3-2-4-8-15)17(12-23)21(24)28-18/h14-15,18-20H,2-11,13,24H2,1H3. The number of carbonyl (C=O) groups excluding carboxylic acids is 1. The number of nitrogens with zero attached hydrogens (tertiary/aromatic N) is 3. The fourth-order valence-electron chi connectivity index (χ4n) is 5.72. The third-order valence-corrected chi connectivity index (χ3v) is 7.18. The van der Waals surface area contributed by atoms with Crippen LogP contribution in [-0.2, 0) is 9.53 Å². The van der Waals surface area contributed by atoms with Gasteiger partial charge in [0.25, 0.3) is 0 Å². The lowest BCUT2D eigenvalue weighted by molar-refractivity contribution is -0.155. The van der Waals surface area contributed by atoms with Crippen LogP contribution in [0, 0.1) is 29.1 Å². The van der Waals surface area contributed by atoms with E-state index < -0.39 is 0 Å². The Balaban J connectivity index is 1.63. The van der Waals surface area contributed by atoms with Gasteiger partial charge in [-0.1, -0.05) is 19.3 Å². The molecule has 1 aliphatic carbocycles. The lowest BCUT2D eigenvalue weighted by Gasteiger charge is -2.49. The number of carbonyl (C=O) groups is 1. The van der Waals surface area contributed by atoms with Gasteiger partial charge in [-0.15, -0.1) is 0 Å². The second kappa shape index (κ2) is 8.14. The van der Waals surface area contributed by atoms with Crippen molar-refractivity contribution in [3.05, 3.63) is 11.5 Å². The van der Waals surface area contributed by atoms with Crippen molar-refractivity contribution in [2.45, 2.75) is 76.9 Å². The van der Waals surface area contributed by atoms with Gasteiger partial charge in [0, 0.05) is 30.6 Å². The van der Waals surface area contributed by atoms with Gasteiger partial charge in [-0.2, -0.15) is 5.26 Å². The minimum absolute atomic E-state index is 0.0974. The van der Waals surface area contributed by atoms with Gasteiger partial charge < -0.3 is 15.4 Å². The number of nitrogens with two attached hydrogens (primary N) is 1. The second-order valence-electron chi connectivity index (χ2n) is 8.95. The van der Waals surface area contributed by atoms with Crippen LogP contribution >= 0.6 is 0 Å². The Morgan fingerprint density at radius 1 is 1.21 bits per heavy atom. The summed E-state index contributed by atoms with van der Waals surface area (Å²) in [5.74, 6) is 0.354. The molecule has 3 aliphatic heterocycles. The van der Waals surface area contributed by atoms with E-state index >= 15 is 0 Å². The van der Waals surface area contributed by atoms with Crippen LogP contribution in [0.2, 0.25) is 0 Å². The van der Waals surface area contributed by atoms with Crippen molar-refractivity contribution >= 4 is 11.6 Å². The summed E-state index contributed by atoms with van der Waals surface area (Å²) in [5, 5.41) is 9.81. The molecule has 2 fully saturated rings. The Morgan fingerprint density at radius 2 is 2.00 bits per heavy atom. The summed E-state index contributed by atoms with van der Waals surface area (Å²) in [6.45, 7) is 3.60. The molecule has 6 nitrogen and oxygen atoms in total. The van der Waals surface area contributed by atoms with Crippen molar-refractivity contribution in [3.8, 4) is 6.07 Å². The Hall–Kier alpha value is -2.03. The molecule has 1 saturated heterocycles. The van der Waals surface area contributed by atoms with Crippen LogP contribution in [0.4, 0.5) is 0 Å². The van der Waals surface area contributed by atoms with Crippen molar-refractivity contribution in [1.29, 1.82) is 5.26 Å². The molecule has 4 unspecified atom stereocenters. The molecule has 28 heavy (non-hydrogen) atoms. The van der Waals surface area contributed by atoms with Crippen molar-refractivity contribution < 1.29 is 9.53 Å². The summed E-state index contributed by atoms with van der Waals surface area (Å²) in [6, 6.07) is 2.40. The number of allylic oxidation sites excluding steroid dienone is 1. The Kier molecular flexibility index (Phi) is 5.61. The third-order valence-electron chi connectivity index (χ3n) is 7.18. The number of rotatable bonds is 3. The Morgan fingerprint density at radius 3 is 2.68 bits per heavy atom. The molecular formula is C22H32N4O2. The highest BCUT2D eigenvalue weighted by atomic mass is 16.5. The van der Waals surface area contributed by atoms with E-state index in [0.717, 1.165) is 50.8 Å². The maximum atomic E-state index is 13.7.